The van der Waals surface area contributed by atoms with Gasteiger partial charge in [0.05, 0.1) is 19.2 Å². The maximum atomic E-state index is 12.6. The molecule has 20 heavy (non-hydrogen) atoms. The highest BCUT2D eigenvalue weighted by Crippen LogP contribution is 2.25. The van der Waals surface area contributed by atoms with Crippen LogP contribution in [0, 0.1) is 6.92 Å². The Balaban J connectivity index is 2.15. The van der Waals surface area contributed by atoms with Crippen LogP contribution in [-0.4, -0.2) is 36.4 Å². The van der Waals surface area contributed by atoms with Crippen molar-refractivity contribution >= 4 is 5.78 Å². The number of piperidine rings is 1. The molecule has 0 amide bonds. The van der Waals surface area contributed by atoms with Gasteiger partial charge in [-0.3, -0.25) is 9.69 Å². The van der Waals surface area contributed by atoms with Gasteiger partial charge in [-0.1, -0.05) is 12.5 Å². The normalized spacial score (nSPS) is 23.6. The molecule has 0 N–H and O–H groups in total. The van der Waals surface area contributed by atoms with Gasteiger partial charge in [-0.15, -0.1) is 0 Å². The molecule has 3 nitrogen and oxygen atoms in total. The van der Waals surface area contributed by atoms with Gasteiger partial charge in [0.1, 0.15) is 5.75 Å². The van der Waals surface area contributed by atoms with Gasteiger partial charge in [0.25, 0.3) is 0 Å². The van der Waals surface area contributed by atoms with Gasteiger partial charge < -0.3 is 4.74 Å². The average molecular weight is 275 g/mol. The highest BCUT2D eigenvalue weighted by Gasteiger charge is 2.27. The van der Waals surface area contributed by atoms with Crippen LogP contribution in [0.5, 0.6) is 5.75 Å². The Labute approximate surface area is 121 Å². The van der Waals surface area contributed by atoms with E-state index >= 15 is 0 Å². The lowest BCUT2D eigenvalue weighted by Crippen LogP contribution is -2.46. The molecule has 0 saturated carbocycles. The molecule has 0 radical (unpaired) electrons. The third-order valence-electron chi connectivity index (χ3n) is 4.36. The van der Waals surface area contributed by atoms with Crippen molar-refractivity contribution in [3.05, 3.63) is 29.3 Å². The molecule has 1 aromatic rings. The first-order chi connectivity index (χ1) is 9.52. The molecule has 2 atom stereocenters. The fourth-order valence-corrected chi connectivity index (χ4v) is 3.07. The van der Waals surface area contributed by atoms with E-state index in [1.807, 2.05) is 25.1 Å². The number of Topliss-reactive ketones (excluding diaryl/α,β-unsaturated/α-hetero) is 1. The molecule has 0 aromatic heterocycles. The molecule has 3 heteroatoms. The monoisotopic (exact) mass is 275 g/mol. The number of hydrogen-bond donors (Lipinski definition) is 0. The largest absolute Gasteiger partial charge is 0.496 e. The van der Waals surface area contributed by atoms with E-state index in [0.717, 1.165) is 5.56 Å². The molecule has 0 unspecified atom stereocenters. The second kappa shape index (κ2) is 6.40. The predicted octanol–water partition coefficient (Wildman–Crippen LogP) is 3.45. The van der Waals surface area contributed by atoms with Crippen LogP contribution in [0.25, 0.3) is 0 Å². The molecule has 0 aliphatic carbocycles. The topological polar surface area (TPSA) is 29.5 Å². The molecule has 0 bridgehead atoms. The number of hydrogen-bond acceptors (Lipinski definition) is 3. The Morgan fingerprint density at radius 1 is 1.30 bits per heavy atom. The molecular formula is C17H25NO2. The number of methoxy groups -OCH3 is 1. The molecule has 1 aliphatic heterocycles. The Hall–Kier alpha value is -1.35. The molecule has 1 aromatic carbocycles. The summed E-state index contributed by atoms with van der Waals surface area (Å²) in [5.74, 6) is 0.842. The first-order valence-electron chi connectivity index (χ1n) is 7.46. The van der Waals surface area contributed by atoms with E-state index in [1.54, 1.807) is 7.11 Å². The van der Waals surface area contributed by atoms with Gasteiger partial charge >= 0.3 is 0 Å². The van der Waals surface area contributed by atoms with Crippen LogP contribution in [0.15, 0.2) is 18.2 Å². The van der Waals surface area contributed by atoms with E-state index in [1.165, 1.54) is 19.3 Å². The molecular weight excluding hydrogens is 250 g/mol. The smallest absolute Gasteiger partial charge is 0.180 e. The summed E-state index contributed by atoms with van der Waals surface area (Å²) in [6.07, 6.45) is 3.63. The van der Waals surface area contributed by atoms with E-state index in [0.29, 0.717) is 29.9 Å². The highest BCUT2D eigenvalue weighted by molar-refractivity contribution is 6.00. The zero-order valence-corrected chi connectivity index (χ0v) is 13.0. The number of benzene rings is 1. The second-order valence-electron chi connectivity index (χ2n) is 5.93. The van der Waals surface area contributed by atoms with Gasteiger partial charge in [-0.05, 0) is 51.3 Å². The van der Waals surface area contributed by atoms with E-state index in [2.05, 4.69) is 18.7 Å². The van der Waals surface area contributed by atoms with Gasteiger partial charge in [0.15, 0.2) is 5.78 Å². The van der Waals surface area contributed by atoms with Gasteiger partial charge in [0, 0.05) is 12.1 Å². The highest BCUT2D eigenvalue weighted by atomic mass is 16.5. The number of carbonyl (C=O) groups is 1. The summed E-state index contributed by atoms with van der Waals surface area (Å²) in [5, 5.41) is 0. The van der Waals surface area contributed by atoms with Crippen LogP contribution in [0.3, 0.4) is 0 Å². The molecule has 1 fully saturated rings. The van der Waals surface area contributed by atoms with Crippen LogP contribution >= 0.6 is 0 Å². The standard InChI is InChI=1S/C17H25NO2/c1-12-8-9-15(17(10-12)20-4)16(19)11-18-13(2)6-5-7-14(18)3/h8-10,13-14H,5-7,11H2,1-4H3/t13-,14+. The number of aryl methyl sites for hydroxylation is 1. The number of rotatable bonds is 4. The van der Waals surface area contributed by atoms with E-state index in [4.69, 9.17) is 4.74 Å². The van der Waals surface area contributed by atoms with Crippen molar-refractivity contribution in [3.63, 3.8) is 0 Å². The summed E-state index contributed by atoms with van der Waals surface area (Å²) in [6.45, 7) is 6.93. The van der Waals surface area contributed by atoms with Crippen molar-refractivity contribution in [2.45, 2.75) is 52.1 Å². The van der Waals surface area contributed by atoms with Crippen molar-refractivity contribution in [1.29, 1.82) is 0 Å². The third kappa shape index (κ3) is 3.21. The van der Waals surface area contributed by atoms with Crippen LogP contribution in [-0.2, 0) is 0 Å². The zero-order valence-electron chi connectivity index (χ0n) is 13.0. The molecule has 1 aliphatic rings. The number of ether oxygens (including phenoxy) is 1. The minimum atomic E-state index is 0.155. The first kappa shape index (κ1) is 15.0. The van der Waals surface area contributed by atoms with E-state index in [-0.39, 0.29) is 5.78 Å². The summed E-state index contributed by atoms with van der Waals surface area (Å²) < 4.78 is 5.35. The van der Waals surface area contributed by atoms with Crippen molar-refractivity contribution < 1.29 is 9.53 Å². The second-order valence-corrected chi connectivity index (χ2v) is 5.93. The Kier molecular flexibility index (Phi) is 4.81. The lowest BCUT2D eigenvalue weighted by molar-refractivity contribution is 0.0732. The number of likely N-dealkylation sites (tertiary alicyclic amines) is 1. The average Bonchev–Trinajstić information content (AvgIpc) is 2.42. The third-order valence-corrected chi connectivity index (χ3v) is 4.36. The van der Waals surface area contributed by atoms with E-state index < -0.39 is 0 Å². The van der Waals surface area contributed by atoms with Crippen LogP contribution in [0.4, 0.5) is 0 Å². The van der Waals surface area contributed by atoms with Gasteiger partial charge in [0.2, 0.25) is 0 Å². The van der Waals surface area contributed by atoms with Gasteiger partial charge in [-0.2, -0.15) is 0 Å². The molecule has 1 saturated heterocycles. The predicted molar refractivity (Wildman–Crippen MR) is 81.5 cm³/mol. The summed E-state index contributed by atoms with van der Waals surface area (Å²) >= 11 is 0. The van der Waals surface area contributed by atoms with Gasteiger partial charge in [-0.25, -0.2) is 0 Å². The van der Waals surface area contributed by atoms with Crippen molar-refractivity contribution in [2.75, 3.05) is 13.7 Å². The fourth-order valence-electron chi connectivity index (χ4n) is 3.07. The Morgan fingerprint density at radius 3 is 2.55 bits per heavy atom. The van der Waals surface area contributed by atoms with Crippen molar-refractivity contribution in [2.24, 2.45) is 0 Å². The van der Waals surface area contributed by atoms with Crippen LogP contribution < -0.4 is 4.74 Å². The number of ketones is 1. The summed E-state index contributed by atoms with van der Waals surface area (Å²) in [6, 6.07) is 6.75. The van der Waals surface area contributed by atoms with Crippen LogP contribution in [0.2, 0.25) is 0 Å². The van der Waals surface area contributed by atoms with E-state index in [9.17, 15) is 4.79 Å². The lowest BCUT2D eigenvalue weighted by Gasteiger charge is -2.38. The lowest BCUT2D eigenvalue weighted by atomic mass is 9.96. The van der Waals surface area contributed by atoms with Crippen LogP contribution in [0.1, 0.15) is 49.0 Å². The molecule has 110 valence electrons. The first-order valence-corrected chi connectivity index (χ1v) is 7.46. The minimum Gasteiger partial charge on any atom is -0.496 e. The Morgan fingerprint density at radius 2 is 1.95 bits per heavy atom. The molecule has 0 spiro atoms. The van der Waals surface area contributed by atoms with Crippen molar-refractivity contribution in [3.8, 4) is 5.75 Å². The molecule has 1 heterocycles. The fraction of sp³-hybridized carbons (Fsp3) is 0.588. The maximum Gasteiger partial charge on any atom is 0.180 e. The summed E-state index contributed by atoms with van der Waals surface area (Å²) in [4.78, 5) is 14.9. The van der Waals surface area contributed by atoms with Crippen molar-refractivity contribution in [1.82, 2.24) is 4.90 Å². The zero-order chi connectivity index (χ0) is 14.7. The Bertz CT molecular complexity index is 474. The molecule has 2 rings (SSSR count). The summed E-state index contributed by atoms with van der Waals surface area (Å²) in [5.41, 5.74) is 1.81. The minimum absolute atomic E-state index is 0.155. The quantitative estimate of drug-likeness (QED) is 0.788. The number of carbonyl (C=O) groups excluding carboxylic acids is 1. The SMILES string of the molecule is COc1cc(C)ccc1C(=O)CN1[C@H](C)CCC[C@@H]1C. The maximum absolute atomic E-state index is 12.6. The number of nitrogens with zero attached hydrogens (tertiary/aromatic N) is 1. The summed E-state index contributed by atoms with van der Waals surface area (Å²) in [7, 11) is 1.62.